The molecule has 1 aromatic heterocycles. The van der Waals surface area contributed by atoms with E-state index in [-0.39, 0.29) is 6.03 Å². The zero-order valence-corrected chi connectivity index (χ0v) is 16.8. The monoisotopic (exact) mass is 387 g/mol. The Bertz CT molecular complexity index is 1030. The number of nitrogens with one attached hydrogen (secondary N) is 2. The third-order valence-corrected chi connectivity index (χ3v) is 5.11. The Hall–Kier alpha value is -3.41. The number of rotatable bonds is 4. The van der Waals surface area contributed by atoms with E-state index in [1.165, 1.54) is 18.4 Å². The van der Waals surface area contributed by atoms with Gasteiger partial charge < -0.3 is 15.5 Å². The van der Waals surface area contributed by atoms with Gasteiger partial charge in [-0.3, -0.25) is 4.98 Å². The molecule has 1 aliphatic heterocycles. The van der Waals surface area contributed by atoms with Gasteiger partial charge in [-0.1, -0.05) is 29.8 Å². The summed E-state index contributed by atoms with van der Waals surface area (Å²) in [6.45, 7) is 6.02. The van der Waals surface area contributed by atoms with Crippen LogP contribution in [0.2, 0.25) is 0 Å². The van der Waals surface area contributed by atoms with Crippen molar-refractivity contribution < 1.29 is 4.79 Å². The van der Waals surface area contributed by atoms with Crippen molar-refractivity contribution in [2.45, 2.75) is 26.7 Å². The van der Waals surface area contributed by atoms with Crippen molar-refractivity contribution in [3.8, 4) is 11.3 Å². The van der Waals surface area contributed by atoms with Crippen LogP contribution < -0.4 is 15.5 Å². The van der Waals surface area contributed by atoms with Gasteiger partial charge in [0.05, 0.1) is 0 Å². The van der Waals surface area contributed by atoms with E-state index in [9.17, 15) is 4.79 Å². The van der Waals surface area contributed by atoms with E-state index in [1.807, 2.05) is 56.3 Å². The summed E-state index contributed by atoms with van der Waals surface area (Å²) < 4.78 is 0. The smallest absolute Gasteiger partial charge is 0.323 e. The minimum Gasteiger partial charge on any atom is -0.355 e. The van der Waals surface area contributed by atoms with Gasteiger partial charge in [-0.05, 0) is 50.5 Å². The first-order valence-corrected chi connectivity index (χ1v) is 9.92. The van der Waals surface area contributed by atoms with E-state index in [0.29, 0.717) is 5.69 Å². The van der Waals surface area contributed by atoms with Gasteiger partial charge in [0.1, 0.15) is 5.69 Å². The Morgan fingerprint density at radius 1 is 0.966 bits per heavy atom. The highest BCUT2D eigenvalue weighted by Gasteiger charge is 2.19. The molecule has 0 aliphatic carbocycles. The van der Waals surface area contributed by atoms with Crippen LogP contribution in [0.4, 0.5) is 22.0 Å². The average molecular weight is 387 g/mol. The van der Waals surface area contributed by atoms with E-state index in [2.05, 4.69) is 25.5 Å². The Morgan fingerprint density at radius 3 is 2.55 bits per heavy atom. The topological polar surface area (TPSA) is 70.1 Å². The van der Waals surface area contributed by atoms with Gasteiger partial charge in [0.15, 0.2) is 5.82 Å². The molecule has 1 fully saturated rings. The Morgan fingerprint density at radius 2 is 1.76 bits per heavy atom. The zero-order chi connectivity index (χ0) is 20.2. The molecule has 1 aliphatic rings. The van der Waals surface area contributed by atoms with E-state index < -0.39 is 0 Å². The van der Waals surface area contributed by atoms with Gasteiger partial charge in [-0.25, -0.2) is 9.78 Å². The lowest BCUT2D eigenvalue weighted by atomic mass is 10.1. The molecule has 1 saturated heterocycles. The molecule has 0 bridgehead atoms. The van der Waals surface area contributed by atoms with Crippen LogP contribution in [0.5, 0.6) is 0 Å². The summed E-state index contributed by atoms with van der Waals surface area (Å²) in [4.78, 5) is 23.9. The second-order valence-electron chi connectivity index (χ2n) is 7.40. The third-order valence-electron chi connectivity index (χ3n) is 5.11. The summed E-state index contributed by atoms with van der Waals surface area (Å²) in [7, 11) is 0. The highest BCUT2D eigenvalue weighted by Crippen LogP contribution is 2.30. The highest BCUT2D eigenvalue weighted by atomic mass is 16.2. The number of hydrogen-bond donors (Lipinski definition) is 2. The SMILES string of the molecule is Cc1ccc(NC(=O)Nc2cccc(-c3nccnc3N3CCCC3)c2)c(C)c1. The highest BCUT2D eigenvalue weighted by molar-refractivity contribution is 6.00. The maximum atomic E-state index is 12.5. The number of amides is 2. The summed E-state index contributed by atoms with van der Waals surface area (Å²) in [6.07, 6.45) is 5.80. The van der Waals surface area contributed by atoms with Gasteiger partial charge in [0.25, 0.3) is 0 Å². The maximum absolute atomic E-state index is 12.5. The Kier molecular flexibility index (Phi) is 5.42. The molecule has 0 saturated carbocycles. The Balaban J connectivity index is 1.53. The number of carbonyl (C=O) groups is 1. The molecule has 0 radical (unpaired) electrons. The predicted octanol–water partition coefficient (Wildman–Crippen LogP) is 5.00. The molecule has 3 aromatic rings. The number of nitrogens with zero attached hydrogens (tertiary/aromatic N) is 3. The van der Waals surface area contributed by atoms with Gasteiger partial charge in [0.2, 0.25) is 0 Å². The van der Waals surface area contributed by atoms with Crippen LogP contribution in [0.15, 0.2) is 54.9 Å². The fourth-order valence-corrected chi connectivity index (χ4v) is 3.68. The quantitative estimate of drug-likeness (QED) is 0.661. The van der Waals surface area contributed by atoms with Gasteiger partial charge in [-0.2, -0.15) is 0 Å². The molecule has 4 rings (SSSR count). The molecule has 2 heterocycles. The number of aryl methyl sites for hydroxylation is 2. The van der Waals surface area contributed by atoms with Crippen LogP contribution in [0.3, 0.4) is 0 Å². The van der Waals surface area contributed by atoms with Crippen LogP contribution in [0, 0.1) is 13.8 Å². The summed E-state index contributed by atoms with van der Waals surface area (Å²) >= 11 is 0. The molecule has 2 N–H and O–H groups in total. The number of hydrogen-bond acceptors (Lipinski definition) is 4. The number of benzene rings is 2. The molecule has 0 spiro atoms. The van der Waals surface area contributed by atoms with Crippen LogP contribution >= 0.6 is 0 Å². The van der Waals surface area contributed by atoms with Crippen LogP contribution in [0.1, 0.15) is 24.0 Å². The van der Waals surface area contributed by atoms with Crippen molar-refractivity contribution in [2.75, 3.05) is 28.6 Å². The molecule has 0 atom stereocenters. The lowest BCUT2D eigenvalue weighted by Crippen LogP contribution is -2.20. The van der Waals surface area contributed by atoms with Gasteiger partial charge >= 0.3 is 6.03 Å². The maximum Gasteiger partial charge on any atom is 0.323 e. The first-order chi connectivity index (χ1) is 14.1. The minimum atomic E-state index is -0.270. The minimum absolute atomic E-state index is 0.270. The van der Waals surface area contributed by atoms with Gasteiger partial charge in [0, 0.05) is 42.4 Å². The molecule has 29 heavy (non-hydrogen) atoms. The standard InChI is InChI=1S/C23H25N5O/c1-16-8-9-20(17(2)14-16)27-23(29)26-19-7-5-6-18(15-19)21-22(25-11-10-24-21)28-12-3-4-13-28/h5-11,14-15H,3-4,12-13H2,1-2H3,(H2,26,27,29). The van der Waals surface area contributed by atoms with Crippen molar-refractivity contribution in [2.24, 2.45) is 0 Å². The van der Waals surface area contributed by atoms with E-state index in [0.717, 1.165) is 41.4 Å². The number of anilines is 3. The van der Waals surface area contributed by atoms with Crippen LogP contribution in [-0.4, -0.2) is 29.1 Å². The second kappa shape index (κ2) is 8.31. The van der Waals surface area contributed by atoms with E-state index in [1.54, 1.807) is 12.4 Å². The Labute approximate surface area is 171 Å². The van der Waals surface area contributed by atoms with Crippen LogP contribution in [0.25, 0.3) is 11.3 Å². The number of carbonyl (C=O) groups excluding carboxylic acids is 1. The normalized spacial score (nSPS) is 13.4. The summed E-state index contributed by atoms with van der Waals surface area (Å²) in [6, 6.07) is 13.4. The summed E-state index contributed by atoms with van der Waals surface area (Å²) in [5.41, 5.74) is 5.48. The molecule has 2 amide bonds. The molecular formula is C23H25N5O. The predicted molar refractivity (Wildman–Crippen MR) is 117 cm³/mol. The van der Waals surface area contributed by atoms with Crippen molar-refractivity contribution in [3.63, 3.8) is 0 Å². The first kappa shape index (κ1) is 18.9. The molecule has 0 unspecified atom stereocenters. The molecule has 6 heteroatoms. The van der Waals surface area contributed by atoms with Crippen molar-refractivity contribution >= 4 is 23.2 Å². The third kappa shape index (κ3) is 4.37. The zero-order valence-electron chi connectivity index (χ0n) is 16.8. The van der Waals surface area contributed by atoms with Crippen molar-refractivity contribution in [1.29, 1.82) is 0 Å². The average Bonchev–Trinajstić information content (AvgIpc) is 3.25. The molecular weight excluding hydrogens is 362 g/mol. The summed E-state index contributed by atoms with van der Waals surface area (Å²) in [5, 5.41) is 5.83. The molecule has 6 nitrogen and oxygen atoms in total. The number of urea groups is 1. The van der Waals surface area contributed by atoms with Crippen molar-refractivity contribution in [3.05, 3.63) is 66.0 Å². The first-order valence-electron chi connectivity index (χ1n) is 9.92. The van der Waals surface area contributed by atoms with E-state index >= 15 is 0 Å². The second-order valence-corrected chi connectivity index (χ2v) is 7.40. The largest absolute Gasteiger partial charge is 0.355 e. The lowest BCUT2D eigenvalue weighted by Gasteiger charge is -2.19. The molecule has 148 valence electrons. The van der Waals surface area contributed by atoms with Crippen LogP contribution in [-0.2, 0) is 0 Å². The van der Waals surface area contributed by atoms with Gasteiger partial charge in [-0.15, -0.1) is 0 Å². The number of aromatic nitrogens is 2. The fourth-order valence-electron chi connectivity index (χ4n) is 3.68. The van der Waals surface area contributed by atoms with E-state index in [4.69, 9.17) is 0 Å². The lowest BCUT2D eigenvalue weighted by molar-refractivity contribution is 0.262. The van der Waals surface area contributed by atoms with Crippen molar-refractivity contribution in [1.82, 2.24) is 9.97 Å². The summed E-state index contributed by atoms with van der Waals surface area (Å²) in [5.74, 6) is 0.905. The fraction of sp³-hybridized carbons (Fsp3) is 0.261. The molecule has 2 aromatic carbocycles.